The number of ether oxygens (including phenoxy) is 1. The van der Waals surface area contributed by atoms with Crippen molar-refractivity contribution in [1.29, 1.82) is 0 Å². The number of hydrogen-bond donors (Lipinski definition) is 1. The summed E-state index contributed by atoms with van der Waals surface area (Å²) in [5.74, 6) is 0.826. The highest BCUT2D eigenvalue weighted by atomic mass is 16.5. The van der Waals surface area contributed by atoms with Gasteiger partial charge in [0.25, 0.3) is 0 Å². The Bertz CT molecular complexity index is 327. The Hall–Kier alpha value is -1.28. The molecule has 0 bridgehead atoms. The molecule has 14 heavy (non-hydrogen) atoms. The molecule has 76 valence electrons. The van der Waals surface area contributed by atoms with Gasteiger partial charge in [0.1, 0.15) is 5.75 Å². The third-order valence-electron chi connectivity index (χ3n) is 2.18. The van der Waals surface area contributed by atoms with Crippen LogP contribution >= 0.6 is 0 Å². The minimum atomic E-state index is -0.417. The van der Waals surface area contributed by atoms with Crippen LogP contribution < -0.4 is 4.74 Å². The van der Waals surface area contributed by atoms with Crippen molar-refractivity contribution in [3.63, 3.8) is 0 Å². The first kappa shape index (κ1) is 10.8. The quantitative estimate of drug-likeness (QED) is 0.797. The normalized spacial score (nSPS) is 13.9. The summed E-state index contributed by atoms with van der Waals surface area (Å²) >= 11 is 0. The minimum absolute atomic E-state index is 0.417. The van der Waals surface area contributed by atoms with E-state index in [2.05, 4.69) is 0 Å². The van der Waals surface area contributed by atoms with Crippen molar-refractivity contribution in [3.05, 3.63) is 35.4 Å². The molecule has 1 unspecified atom stereocenters. The Balaban J connectivity index is 3.01. The molecule has 0 fully saturated rings. The van der Waals surface area contributed by atoms with Gasteiger partial charge in [-0.3, -0.25) is 0 Å². The molecule has 1 rings (SSSR count). The molecule has 0 aliphatic carbocycles. The van der Waals surface area contributed by atoms with Crippen LogP contribution in [0.25, 0.3) is 6.08 Å². The van der Waals surface area contributed by atoms with Crippen LogP contribution in [0.1, 0.15) is 19.4 Å². The van der Waals surface area contributed by atoms with E-state index < -0.39 is 6.10 Å². The van der Waals surface area contributed by atoms with E-state index >= 15 is 0 Å². The molecule has 1 atom stereocenters. The van der Waals surface area contributed by atoms with Gasteiger partial charge < -0.3 is 9.84 Å². The Kier molecular flexibility index (Phi) is 3.72. The molecule has 2 heteroatoms. The van der Waals surface area contributed by atoms with Crippen LogP contribution in [-0.2, 0) is 0 Å². The fourth-order valence-corrected chi connectivity index (χ4v) is 1.15. The second-order valence-electron chi connectivity index (χ2n) is 3.31. The predicted molar refractivity (Wildman–Crippen MR) is 58.3 cm³/mol. The summed E-state index contributed by atoms with van der Waals surface area (Å²) in [6.07, 6.45) is 1.52. The van der Waals surface area contributed by atoms with Gasteiger partial charge in [0.15, 0.2) is 0 Å². The maximum atomic E-state index is 9.34. The van der Waals surface area contributed by atoms with Crippen LogP contribution in [0.5, 0.6) is 5.75 Å². The molecule has 1 aromatic rings. The van der Waals surface area contributed by atoms with Gasteiger partial charge in [0.2, 0.25) is 0 Å². The van der Waals surface area contributed by atoms with Crippen molar-refractivity contribution in [1.82, 2.24) is 0 Å². The minimum Gasteiger partial charge on any atom is -0.496 e. The summed E-state index contributed by atoms with van der Waals surface area (Å²) in [5.41, 5.74) is 1.92. The molecule has 0 aromatic heterocycles. The summed E-state index contributed by atoms with van der Waals surface area (Å²) in [6.45, 7) is 3.65. The van der Waals surface area contributed by atoms with Gasteiger partial charge in [-0.15, -0.1) is 0 Å². The molecular weight excluding hydrogens is 176 g/mol. The van der Waals surface area contributed by atoms with E-state index in [1.807, 2.05) is 37.3 Å². The van der Waals surface area contributed by atoms with Crippen molar-refractivity contribution in [2.75, 3.05) is 7.11 Å². The summed E-state index contributed by atoms with van der Waals surface area (Å²) < 4.78 is 5.20. The topological polar surface area (TPSA) is 29.5 Å². The molecule has 1 aromatic carbocycles. The van der Waals surface area contributed by atoms with E-state index in [0.29, 0.717) is 0 Å². The summed E-state index contributed by atoms with van der Waals surface area (Å²) in [4.78, 5) is 0. The van der Waals surface area contributed by atoms with Gasteiger partial charge in [0, 0.05) is 5.56 Å². The summed E-state index contributed by atoms with van der Waals surface area (Å²) in [7, 11) is 1.64. The smallest absolute Gasteiger partial charge is 0.126 e. The number of methoxy groups -OCH3 is 1. The number of para-hydroxylation sites is 1. The number of aliphatic hydroxyl groups is 1. The van der Waals surface area contributed by atoms with E-state index in [9.17, 15) is 5.11 Å². The standard InChI is InChI=1S/C12H16O2/c1-9(10(2)13)8-11-6-4-5-7-12(11)14-3/h4-8,10,13H,1-3H3/b9-8-. The first-order valence-electron chi connectivity index (χ1n) is 4.64. The third kappa shape index (κ3) is 2.60. The monoisotopic (exact) mass is 192 g/mol. The highest BCUT2D eigenvalue weighted by molar-refractivity contribution is 5.59. The molecule has 0 radical (unpaired) electrons. The van der Waals surface area contributed by atoms with Gasteiger partial charge in [-0.2, -0.15) is 0 Å². The molecule has 1 N–H and O–H groups in total. The van der Waals surface area contributed by atoms with Crippen molar-refractivity contribution in [2.45, 2.75) is 20.0 Å². The van der Waals surface area contributed by atoms with E-state index in [-0.39, 0.29) is 0 Å². The van der Waals surface area contributed by atoms with Gasteiger partial charge in [-0.25, -0.2) is 0 Å². The Morgan fingerprint density at radius 3 is 2.64 bits per heavy atom. The first-order chi connectivity index (χ1) is 6.65. The first-order valence-corrected chi connectivity index (χ1v) is 4.64. The fourth-order valence-electron chi connectivity index (χ4n) is 1.15. The lowest BCUT2D eigenvalue weighted by Crippen LogP contribution is -2.00. The zero-order valence-electron chi connectivity index (χ0n) is 8.82. The predicted octanol–water partition coefficient (Wildman–Crippen LogP) is 2.48. The molecule has 0 saturated carbocycles. The molecule has 0 aliphatic heterocycles. The SMILES string of the molecule is COc1ccccc1/C=C(/C)C(C)O. The highest BCUT2D eigenvalue weighted by Crippen LogP contribution is 2.20. The van der Waals surface area contributed by atoms with E-state index in [4.69, 9.17) is 4.74 Å². The van der Waals surface area contributed by atoms with Crippen LogP contribution in [-0.4, -0.2) is 18.3 Å². The highest BCUT2D eigenvalue weighted by Gasteiger charge is 2.01. The molecular formula is C12H16O2. The lowest BCUT2D eigenvalue weighted by atomic mass is 10.1. The lowest BCUT2D eigenvalue weighted by molar-refractivity contribution is 0.232. The zero-order chi connectivity index (χ0) is 10.6. The molecule has 0 aliphatic rings. The maximum absolute atomic E-state index is 9.34. The molecule has 2 nitrogen and oxygen atoms in total. The molecule has 0 spiro atoms. The average Bonchev–Trinajstić information content (AvgIpc) is 2.18. The number of benzene rings is 1. The Labute approximate surface area is 84.8 Å². The molecule has 0 amide bonds. The van der Waals surface area contributed by atoms with Crippen LogP contribution in [0.4, 0.5) is 0 Å². The Morgan fingerprint density at radius 1 is 1.43 bits per heavy atom. The van der Waals surface area contributed by atoms with Crippen molar-refractivity contribution in [3.8, 4) is 5.75 Å². The van der Waals surface area contributed by atoms with Crippen molar-refractivity contribution in [2.24, 2.45) is 0 Å². The average molecular weight is 192 g/mol. The molecule has 0 heterocycles. The second kappa shape index (κ2) is 4.82. The number of hydrogen-bond acceptors (Lipinski definition) is 2. The van der Waals surface area contributed by atoms with E-state index in [0.717, 1.165) is 16.9 Å². The largest absolute Gasteiger partial charge is 0.496 e. The van der Waals surface area contributed by atoms with Crippen LogP contribution in [0.15, 0.2) is 29.8 Å². The van der Waals surface area contributed by atoms with Crippen LogP contribution in [0.2, 0.25) is 0 Å². The molecule has 0 saturated heterocycles. The maximum Gasteiger partial charge on any atom is 0.126 e. The Morgan fingerprint density at radius 2 is 2.07 bits per heavy atom. The van der Waals surface area contributed by atoms with Gasteiger partial charge in [0.05, 0.1) is 13.2 Å². The van der Waals surface area contributed by atoms with Crippen molar-refractivity contribution >= 4 is 6.08 Å². The van der Waals surface area contributed by atoms with Crippen LogP contribution in [0.3, 0.4) is 0 Å². The van der Waals surface area contributed by atoms with Crippen molar-refractivity contribution < 1.29 is 9.84 Å². The van der Waals surface area contributed by atoms with Gasteiger partial charge >= 0.3 is 0 Å². The summed E-state index contributed by atoms with van der Waals surface area (Å²) in [5, 5.41) is 9.34. The van der Waals surface area contributed by atoms with Gasteiger partial charge in [-0.1, -0.05) is 18.2 Å². The van der Waals surface area contributed by atoms with Crippen LogP contribution in [0, 0.1) is 0 Å². The zero-order valence-corrected chi connectivity index (χ0v) is 8.82. The number of aliphatic hydroxyl groups excluding tert-OH is 1. The fraction of sp³-hybridized carbons (Fsp3) is 0.333. The van der Waals surface area contributed by atoms with E-state index in [1.165, 1.54) is 0 Å². The lowest BCUT2D eigenvalue weighted by Gasteiger charge is -2.07. The third-order valence-corrected chi connectivity index (χ3v) is 2.18. The van der Waals surface area contributed by atoms with Gasteiger partial charge in [-0.05, 0) is 31.6 Å². The summed E-state index contributed by atoms with van der Waals surface area (Å²) in [6, 6.07) is 7.74. The van der Waals surface area contributed by atoms with E-state index in [1.54, 1.807) is 14.0 Å². The number of rotatable bonds is 3. The second-order valence-corrected chi connectivity index (χ2v) is 3.31.